The molecule has 0 radical (unpaired) electrons. The van der Waals surface area contributed by atoms with Crippen LogP contribution in [0.25, 0.3) is 0 Å². The number of carbonyl (C=O) groups excluding carboxylic acids is 1. The van der Waals surface area contributed by atoms with E-state index in [-0.39, 0.29) is 29.6 Å². The lowest BCUT2D eigenvalue weighted by Crippen LogP contribution is -2.45. The Balaban J connectivity index is 1.49. The monoisotopic (exact) mass is 391 g/mol. The van der Waals surface area contributed by atoms with E-state index in [1.54, 1.807) is 19.1 Å². The number of nitrogens with two attached hydrogens (primary N) is 1. The fourth-order valence-corrected chi connectivity index (χ4v) is 3.16. The summed E-state index contributed by atoms with van der Waals surface area (Å²) in [7, 11) is -3.74. The highest BCUT2D eigenvalue weighted by atomic mass is 32.2. The molecule has 9 heteroatoms. The Bertz CT molecular complexity index is 915. The molecule has 0 saturated heterocycles. The molecule has 1 aliphatic rings. The van der Waals surface area contributed by atoms with Crippen LogP contribution < -0.4 is 25.2 Å². The van der Waals surface area contributed by atoms with Gasteiger partial charge in [-0.3, -0.25) is 0 Å². The maximum absolute atomic E-state index is 12.1. The van der Waals surface area contributed by atoms with E-state index < -0.39 is 10.0 Å². The van der Waals surface area contributed by atoms with Gasteiger partial charge in [0.15, 0.2) is 17.6 Å². The zero-order valence-electron chi connectivity index (χ0n) is 14.7. The molecule has 2 aromatic rings. The summed E-state index contributed by atoms with van der Waals surface area (Å²) in [6.07, 6.45) is -0.282. The van der Waals surface area contributed by atoms with Gasteiger partial charge in [-0.2, -0.15) is 0 Å². The Morgan fingerprint density at radius 1 is 1.19 bits per heavy atom. The number of rotatable bonds is 5. The minimum Gasteiger partial charge on any atom is -0.486 e. The number of fused-ring (bicyclic) bond motifs is 1. The summed E-state index contributed by atoms with van der Waals surface area (Å²) in [6.45, 7) is 2.43. The van der Waals surface area contributed by atoms with Crippen LogP contribution in [-0.4, -0.2) is 33.7 Å². The lowest BCUT2D eigenvalue weighted by molar-refractivity contribution is 0.0917. The van der Waals surface area contributed by atoms with E-state index in [1.165, 1.54) is 12.1 Å². The smallest absolute Gasteiger partial charge is 0.315 e. The second-order valence-electron chi connectivity index (χ2n) is 6.19. The quantitative estimate of drug-likeness (QED) is 0.714. The van der Waals surface area contributed by atoms with Crippen LogP contribution in [0.2, 0.25) is 0 Å². The highest BCUT2D eigenvalue weighted by Crippen LogP contribution is 2.30. The van der Waals surface area contributed by atoms with E-state index in [1.807, 2.05) is 24.3 Å². The molecule has 0 bridgehead atoms. The summed E-state index contributed by atoms with van der Waals surface area (Å²) in [6, 6.07) is 12.7. The van der Waals surface area contributed by atoms with E-state index in [0.717, 1.165) is 5.56 Å². The molecule has 2 atom stereocenters. The number of para-hydroxylation sites is 2. The molecule has 4 N–H and O–H groups in total. The van der Waals surface area contributed by atoms with Crippen LogP contribution in [0.5, 0.6) is 11.5 Å². The van der Waals surface area contributed by atoms with Crippen molar-refractivity contribution >= 4 is 16.1 Å². The average Bonchev–Trinajstić information content (AvgIpc) is 2.65. The standard InChI is InChI=1S/C18H21N3O5S/c1-12(13-6-8-15(9-7-13)27(19,23)24)21-18(22)20-10-14-11-25-16-4-2-3-5-17(16)26-14/h2-9,12,14H,10-11H2,1H3,(H2,19,23,24)(H2,20,21,22)/t12-,14+/m1/s1. The van der Waals surface area contributed by atoms with E-state index in [2.05, 4.69) is 10.6 Å². The summed E-state index contributed by atoms with van der Waals surface area (Å²) in [5, 5.41) is 10.6. The number of sulfonamides is 1. The molecular weight excluding hydrogens is 370 g/mol. The van der Waals surface area contributed by atoms with E-state index >= 15 is 0 Å². The van der Waals surface area contributed by atoms with Gasteiger partial charge in [0, 0.05) is 0 Å². The molecule has 27 heavy (non-hydrogen) atoms. The zero-order chi connectivity index (χ0) is 19.4. The Morgan fingerprint density at radius 2 is 1.85 bits per heavy atom. The van der Waals surface area contributed by atoms with E-state index in [4.69, 9.17) is 14.6 Å². The van der Waals surface area contributed by atoms with Gasteiger partial charge in [-0.25, -0.2) is 18.4 Å². The molecule has 8 nitrogen and oxygen atoms in total. The van der Waals surface area contributed by atoms with Crippen molar-refractivity contribution in [2.75, 3.05) is 13.2 Å². The SMILES string of the molecule is C[C@@H](NC(=O)NC[C@H]1COc2ccccc2O1)c1ccc(S(N)(=O)=O)cc1. The number of primary sulfonamides is 1. The number of hydrogen-bond acceptors (Lipinski definition) is 5. The fourth-order valence-electron chi connectivity index (χ4n) is 2.65. The first kappa shape index (κ1) is 19.0. The highest BCUT2D eigenvalue weighted by Gasteiger charge is 2.21. The van der Waals surface area contributed by atoms with Crippen molar-refractivity contribution in [3.05, 3.63) is 54.1 Å². The highest BCUT2D eigenvalue weighted by molar-refractivity contribution is 7.89. The number of nitrogens with one attached hydrogen (secondary N) is 2. The molecule has 2 aromatic carbocycles. The number of ether oxygens (including phenoxy) is 2. The molecule has 0 aliphatic carbocycles. The molecule has 1 aliphatic heterocycles. The molecule has 1 heterocycles. The fraction of sp³-hybridized carbons (Fsp3) is 0.278. The minimum absolute atomic E-state index is 0.0256. The van der Waals surface area contributed by atoms with Gasteiger partial charge in [0.25, 0.3) is 0 Å². The Hall–Kier alpha value is -2.78. The summed E-state index contributed by atoms with van der Waals surface area (Å²) in [5.41, 5.74) is 0.753. The van der Waals surface area contributed by atoms with Crippen LogP contribution >= 0.6 is 0 Å². The van der Waals surface area contributed by atoms with Crippen LogP contribution in [0.1, 0.15) is 18.5 Å². The van der Waals surface area contributed by atoms with Gasteiger partial charge < -0.3 is 20.1 Å². The van der Waals surface area contributed by atoms with E-state index in [9.17, 15) is 13.2 Å². The van der Waals surface area contributed by atoms with Gasteiger partial charge >= 0.3 is 6.03 Å². The van der Waals surface area contributed by atoms with Crippen molar-refractivity contribution in [3.63, 3.8) is 0 Å². The van der Waals surface area contributed by atoms with Crippen molar-refractivity contribution in [3.8, 4) is 11.5 Å². The van der Waals surface area contributed by atoms with Crippen LogP contribution in [-0.2, 0) is 10.0 Å². The van der Waals surface area contributed by atoms with Crippen molar-refractivity contribution in [1.82, 2.24) is 10.6 Å². The Morgan fingerprint density at radius 3 is 2.52 bits per heavy atom. The summed E-state index contributed by atoms with van der Waals surface area (Å²) in [5.74, 6) is 1.34. The molecular formula is C18H21N3O5S. The largest absolute Gasteiger partial charge is 0.486 e. The lowest BCUT2D eigenvalue weighted by Gasteiger charge is -2.26. The van der Waals surface area contributed by atoms with Crippen molar-refractivity contribution < 1.29 is 22.7 Å². The number of hydrogen-bond donors (Lipinski definition) is 3. The van der Waals surface area contributed by atoms with Crippen molar-refractivity contribution in [1.29, 1.82) is 0 Å². The first-order valence-corrected chi connectivity index (χ1v) is 9.93. The molecule has 0 saturated carbocycles. The molecule has 0 spiro atoms. The van der Waals surface area contributed by atoms with Gasteiger partial charge in [0.05, 0.1) is 17.5 Å². The van der Waals surface area contributed by atoms with Crippen LogP contribution in [0, 0.1) is 0 Å². The maximum atomic E-state index is 12.1. The number of amides is 2. The van der Waals surface area contributed by atoms with Crippen LogP contribution in [0.15, 0.2) is 53.4 Å². The minimum atomic E-state index is -3.74. The third-order valence-electron chi connectivity index (χ3n) is 4.11. The molecule has 0 unspecified atom stereocenters. The molecule has 3 rings (SSSR count). The molecule has 0 aromatic heterocycles. The second-order valence-corrected chi connectivity index (χ2v) is 7.75. The van der Waals surface area contributed by atoms with Crippen LogP contribution in [0.4, 0.5) is 4.79 Å². The number of carbonyl (C=O) groups is 1. The third-order valence-corrected chi connectivity index (χ3v) is 5.04. The van der Waals surface area contributed by atoms with Crippen molar-refractivity contribution in [2.45, 2.75) is 24.0 Å². The average molecular weight is 391 g/mol. The van der Waals surface area contributed by atoms with Gasteiger partial charge in [0.2, 0.25) is 10.0 Å². The normalized spacial score (nSPS) is 17.0. The Labute approximate surface area is 157 Å². The predicted octanol–water partition coefficient (Wildman–Crippen LogP) is 1.53. The second kappa shape index (κ2) is 7.85. The van der Waals surface area contributed by atoms with E-state index in [0.29, 0.717) is 18.1 Å². The van der Waals surface area contributed by atoms with Gasteiger partial charge in [0.1, 0.15) is 6.61 Å². The summed E-state index contributed by atoms with van der Waals surface area (Å²) in [4.78, 5) is 12.1. The zero-order valence-corrected chi connectivity index (χ0v) is 15.5. The summed E-state index contributed by atoms with van der Waals surface area (Å²) < 4.78 is 33.9. The predicted molar refractivity (Wildman–Crippen MR) is 99.1 cm³/mol. The topological polar surface area (TPSA) is 120 Å². The maximum Gasteiger partial charge on any atom is 0.315 e. The molecule has 144 valence electrons. The first-order valence-electron chi connectivity index (χ1n) is 8.38. The molecule has 2 amide bonds. The van der Waals surface area contributed by atoms with Gasteiger partial charge in [-0.15, -0.1) is 0 Å². The van der Waals surface area contributed by atoms with Crippen LogP contribution in [0.3, 0.4) is 0 Å². The third kappa shape index (κ3) is 4.89. The van der Waals surface area contributed by atoms with Crippen molar-refractivity contribution in [2.24, 2.45) is 5.14 Å². The first-order chi connectivity index (χ1) is 12.8. The van der Waals surface area contributed by atoms with Gasteiger partial charge in [-0.1, -0.05) is 24.3 Å². The molecule has 0 fully saturated rings. The number of urea groups is 1. The summed E-state index contributed by atoms with van der Waals surface area (Å²) >= 11 is 0. The lowest BCUT2D eigenvalue weighted by atomic mass is 10.1. The van der Waals surface area contributed by atoms with Gasteiger partial charge in [-0.05, 0) is 36.8 Å². The number of benzene rings is 2. The Kier molecular flexibility index (Phi) is 5.52.